The summed E-state index contributed by atoms with van der Waals surface area (Å²) in [6, 6.07) is 6.96. The molecule has 2 N–H and O–H groups in total. The third-order valence-corrected chi connectivity index (χ3v) is 5.92. The number of ether oxygens (including phenoxy) is 1. The van der Waals surface area contributed by atoms with Crippen LogP contribution in [-0.4, -0.2) is 41.3 Å². The monoisotopic (exact) mass is 396 g/mol. The lowest BCUT2D eigenvalue weighted by molar-refractivity contribution is -0.167. The molecular formula is C21H29ClO5. The Hall–Kier alpha value is -1.43. The lowest BCUT2D eigenvalue weighted by atomic mass is 9.61. The van der Waals surface area contributed by atoms with Crippen LogP contribution in [0, 0.1) is 11.3 Å². The van der Waals surface area contributed by atoms with Crippen molar-refractivity contribution in [2.45, 2.75) is 58.0 Å². The molecule has 0 spiro atoms. The molecule has 0 saturated heterocycles. The summed E-state index contributed by atoms with van der Waals surface area (Å²) in [6.07, 6.45) is 1.81. The van der Waals surface area contributed by atoms with E-state index in [0.29, 0.717) is 24.3 Å². The van der Waals surface area contributed by atoms with Crippen LogP contribution in [0.2, 0.25) is 5.02 Å². The van der Waals surface area contributed by atoms with Crippen LogP contribution in [0.5, 0.6) is 0 Å². The van der Waals surface area contributed by atoms with Gasteiger partial charge in [0.25, 0.3) is 0 Å². The van der Waals surface area contributed by atoms with E-state index in [1.165, 1.54) is 0 Å². The molecule has 1 saturated carbocycles. The Morgan fingerprint density at radius 2 is 1.85 bits per heavy atom. The van der Waals surface area contributed by atoms with E-state index in [1.54, 1.807) is 31.2 Å². The fourth-order valence-electron chi connectivity index (χ4n) is 3.76. The van der Waals surface area contributed by atoms with E-state index in [9.17, 15) is 19.8 Å². The standard InChI is InChI=1S/C21H29ClO5/c1-3-18(24)15(13-23)12-17(14-6-8-16(22)9-7-14)19(25)21(10-5-11-21)20(26)27-4-2/h6-9,15,17-18,23-24H,3-5,10-13H2,1-2H3. The smallest absolute Gasteiger partial charge is 0.319 e. The summed E-state index contributed by atoms with van der Waals surface area (Å²) in [7, 11) is 0. The van der Waals surface area contributed by atoms with E-state index in [-0.39, 0.29) is 25.4 Å². The maximum Gasteiger partial charge on any atom is 0.319 e. The SMILES string of the molecule is CCOC(=O)C1(C(=O)C(CC(CO)C(O)CC)c2ccc(Cl)cc2)CCC1. The molecule has 27 heavy (non-hydrogen) atoms. The lowest BCUT2D eigenvalue weighted by Crippen LogP contribution is -2.49. The second-order valence-electron chi connectivity index (χ2n) is 7.28. The molecule has 3 atom stereocenters. The first-order valence-corrected chi connectivity index (χ1v) is 10.0. The molecule has 1 aromatic carbocycles. The first-order chi connectivity index (χ1) is 12.9. The van der Waals surface area contributed by atoms with Crippen LogP contribution in [0.15, 0.2) is 24.3 Å². The first-order valence-electron chi connectivity index (χ1n) is 9.65. The van der Waals surface area contributed by atoms with Gasteiger partial charge < -0.3 is 14.9 Å². The van der Waals surface area contributed by atoms with Crippen molar-refractivity contribution in [1.29, 1.82) is 0 Å². The Labute approximate surface area is 165 Å². The van der Waals surface area contributed by atoms with Crippen molar-refractivity contribution in [2.75, 3.05) is 13.2 Å². The molecule has 0 radical (unpaired) electrons. The molecule has 0 aliphatic heterocycles. The number of halogens is 1. The summed E-state index contributed by atoms with van der Waals surface area (Å²) in [6.45, 7) is 3.56. The molecule has 5 nitrogen and oxygen atoms in total. The van der Waals surface area contributed by atoms with Crippen molar-refractivity contribution in [2.24, 2.45) is 11.3 Å². The van der Waals surface area contributed by atoms with Gasteiger partial charge in [-0.15, -0.1) is 0 Å². The van der Waals surface area contributed by atoms with Crippen molar-refractivity contribution < 1.29 is 24.5 Å². The Morgan fingerprint density at radius 1 is 1.22 bits per heavy atom. The summed E-state index contributed by atoms with van der Waals surface area (Å²) >= 11 is 5.98. The summed E-state index contributed by atoms with van der Waals surface area (Å²) < 4.78 is 5.20. The van der Waals surface area contributed by atoms with Gasteiger partial charge in [0, 0.05) is 23.5 Å². The molecule has 6 heteroatoms. The molecule has 1 aromatic rings. The molecule has 2 rings (SSSR count). The number of carbonyl (C=O) groups excluding carboxylic acids is 2. The van der Waals surface area contributed by atoms with E-state index in [4.69, 9.17) is 16.3 Å². The average Bonchev–Trinajstić information content (AvgIpc) is 2.62. The molecule has 0 aromatic heterocycles. The molecule has 0 amide bonds. The predicted octanol–water partition coefficient (Wildman–Crippen LogP) is 3.50. The summed E-state index contributed by atoms with van der Waals surface area (Å²) in [4.78, 5) is 26.1. The highest BCUT2D eigenvalue weighted by Gasteiger charge is 2.54. The molecule has 1 fully saturated rings. The quantitative estimate of drug-likeness (QED) is 0.467. The number of aliphatic hydroxyl groups is 2. The highest BCUT2D eigenvalue weighted by atomic mass is 35.5. The normalized spacial score (nSPS) is 18.9. The van der Waals surface area contributed by atoms with Crippen LogP contribution in [0.25, 0.3) is 0 Å². The van der Waals surface area contributed by atoms with Crippen LogP contribution in [0.4, 0.5) is 0 Å². The van der Waals surface area contributed by atoms with Gasteiger partial charge in [-0.25, -0.2) is 0 Å². The number of esters is 1. The summed E-state index contributed by atoms with van der Waals surface area (Å²) in [5.74, 6) is -1.70. The van der Waals surface area contributed by atoms with Gasteiger partial charge in [-0.05, 0) is 50.3 Å². The minimum absolute atomic E-state index is 0.184. The average molecular weight is 397 g/mol. The van der Waals surface area contributed by atoms with Gasteiger partial charge >= 0.3 is 5.97 Å². The predicted molar refractivity (Wildman–Crippen MR) is 104 cm³/mol. The summed E-state index contributed by atoms with van der Waals surface area (Å²) in [5, 5.41) is 20.5. The maximum absolute atomic E-state index is 13.5. The Balaban J connectivity index is 2.37. The number of aliphatic hydroxyl groups excluding tert-OH is 2. The van der Waals surface area contributed by atoms with Crippen LogP contribution < -0.4 is 0 Å². The Kier molecular flexibility index (Phi) is 7.83. The van der Waals surface area contributed by atoms with Crippen LogP contribution in [0.3, 0.4) is 0 Å². The minimum Gasteiger partial charge on any atom is -0.465 e. The number of Topliss-reactive ketones (excluding diaryl/α,β-unsaturated/α-hetero) is 1. The molecule has 150 valence electrons. The highest BCUT2D eigenvalue weighted by Crippen LogP contribution is 2.47. The van der Waals surface area contributed by atoms with Gasteiger partial charge in [0.1, 0.15) is 5.41 Å². The van der Waals surface area contributed by atoms with Gasteiger partial charge in [-0.1, -0.05) is 37.1 Å². The second-order valence-corrected chi connectivity index (χ2v) is 7.71. The second kappa shape index (κ2) is 9.67. The fourth-order valence-corrected chi connectivity index (χ4v) is 3.89. The van der Waals surface area contributed by atoms with Crippen molar-refractivity contribution in [3.63, 3.8) is 0 Å². The first kappa shape index (κ1) is 21.9. The van der Waals surface area contributed by atoms with E-state index in [0.717, 1.165) is 12.0 Å². The zero-order chi connectivity index (χ0) is 20.0. The fraction of sp³-hybridized carbons (Fsp3) is 0.619. The number of ketones is 1. The molecular weight excluding hydrogens is 368 g/mol. The van der Waals surface area contributed by atoms with E-state index in [2.05, 4.69) is 0 Å². The van der Waals surface area contributed by atoms with Crippen LogP contribution in [-0.2, 0) is 14.3 Å². The van der Waals surface area contributed by atoms with Gasteiger partial charge in [-0.3, -0.25) is 9.59 Å². The van der Waals surface area contributed by atoms with Gasteiger partial charge in [0.05, 0.1) is 12.7 Å². The lowest BCUT2D eigenvalue weighted by Gasteiger charge is -2.40. The number of carbonyl (C=O) groups is 2. The third kappa shape index (κ3) is 4.71. The molecule has 1 aliphatic rings. The van der Waals surface area contributed by atoms with Crippen LogP contribution in [0.1, 0.15) is 57.4 Å². The zero-order valence-corrected chi connectivity index (χ0v) is 16.7. The largest absolute Gasteiger partial charge is 0.465 e. The van der Waals surface area contributed by atoms with E-state index >= 15 is 0 Å². The highest BCUT2D eigenvalue weighted by molar-refractivity contribution is 6.30. The summed E-state index contributed by atoms with van der Waals surface area (Å²) in [5.41, 5.74) is -0.376. The van der Waals surface area contributed by atoms with E-state index in [1.807, 2.05) is 6.92 Å². The van der Waals surface area contributed by atoms with E-state index < -0.39 is 29.3 Å². The van der Waals surface area contributed by atoms with Crippen molar-refractivity contribution >= 4 is 23.4 Å². The van der Waals surface area contributed by atoms with Gasteiger partial charge in [0.15, 0.2) is 5.78 Å². The molecule has 1 aliphatic carbocycles. The zero-order valence-electron chi connectivity index (χ0n) is 16.0. The Bertz CT molecular complexity index is 638. The van der Waals surface area contributed by atoms with Crippen LogP contribution >= 0.6 is 11.6 Å². The van der Waals surface area contributed by atoms with Gasteiger partial charge in [-0.2, -0.15) is 0 Å². The van der Waals surface area contributed by atoms with Crippen molar-refractivity contribution in [3.05, 3.63) is 34.9 Å². The number of hydrogen-bond acceptors (Lipinski definition) is 5. The number of benzene rings is 1. The topological polar surface area (TPSA) is 83.8 Å². The molecule has 3 unspecified atom stereocenters. The van der Waals surface area contributed by atoms with Crippen molar-refractivity contribution in [1.82, 2.24) is 0 Å². The van der Waals surface area contributed by atoms with Gasteiger partial charge in [0.2, 0.25) is 0 Å². The Morgan fingerprint density at radius 3 is 2.30 bits per heavy atom. The van der Waals surface area contributed by atoms with Crippen molar-refractivity contribution in [3.8, 4) is 0 Å². The molecule has 0 bridgehead atoms. The molecule has 0 heterocycles. The minimum atomic E-state index is -1.11. The maximum atomic E-state index is 13.5. The number of hydrogen-bond donors (Lipinski definition) is 2. The number of rotatable bonds is 10. The third-order valence-electron chi connectivity index (χ3n) is 5.67.